The third-order valence-corrected chi connectivity index (χ3v) is 5.82. The molecule has 4 saturated carbocycles. The molecule has 1 heteroatoms. The van der Waals surface area contributed by atoms with Gasteiger partial charge in [-0.2, -0.15) is 0 Å². The van der Waals surface area contributed by atoms with Gasteiger partial charge in [0.2, 0.25) is 0 Å². The Morgan fingerprint density at radius 1 is 1.00 bits per heavy atom. The van der Waals surface area contributed by atoms with Gasteiger partial charge in [-0.1, -0.05) is 20.8 Å². The van der Waals surface area contributed by atoms with Gasteiger partial charge in [0.1, 0.15) is 0 Å². The molecular weight excluding hydrogens is 206 g/mol. The quantitative estimate of drug-likeness (QED) is 0.727. The van der Waals surface area contributed by atoms with Crippen LogP contribution in [0.15, 0.2) is 0 Å². The van der Waals surface area contributed by atoms with Crippen LogP contribution in [0.25, 0.3) is 0 Å². The Hall–Kier alpha value is -0.0400. The van der Waals surface area contributed by atoms with Crippen LogP contribution in [-0.4, -0.2) is 13.1 Å². The Morgan fingerprint density at radius 3 is 2.18 bits per heavy atom. The molecule has 0 spiro atoms. The van der Waals surface area contributed by atoms with Crippen molar-refractivity contribution in [1.82, 2.24) is 5.32 Å². The molecule has 4 aliphatic rings. The van der Waals surface area contributed by atoms with Gasteiger partial charge in [-0.3, -0.25) is 0 Å². The van der Waals surface area contributed by atoms with Gasteiger partial charge in [-0.25, -0.2) is 0 Å². The predicted molar refractivity (Wildman–Crippen MR) is 73.0 cm³/mol. The average molecular weight is 235 g/mol. The lowest BCUT2D eigenvalue weighted by Gasteiger charge is -2.65. The second kappa shape index (κ2) is 3.73. The fourth-order valence-electron chi connectivity index (χ4n) is 6.49. The third-order valence-electron chi connectivity index (χ3n) is 5.82. The highest BCUT2D eigenvalue weighted by atomic mass is 14.8. The first-order chi connectivity index (χ1) is 7.97. The molecule has 17 heavy (non-hydrogen) atoms. The largest absolute Gasteiger partial charge is 0.317 e. The summed E-state index contributed by atoms with van der Waals surface area (Å²) in [6, 6.07) is 0. The Bertz CT molecular complexity index is 291. The monoisotopic (exact) mass is 235 g/mol. The number of nitrogens with one attached hydrogen (secondary N) is 1. The minimum Gasteiger partial charge on any atom is -0.317 e. The lowest BCUT2D eigenvalue weighted by atomic mass is 9.40. The smallest absolute Gasteiger partial charge is 0.00437 e. The van der Waals surface area contributed by atoms with Crippen LogP contribution in [0.2, 0.25) is 0 Å². The van der Waals surface area contributed by atoms with Crippen LogP contribution in [0.4, 0.5) is 0 Å². The minimum atomic E-state index is 0.695. The van der Waals surface area contributed by atoms with Gasteiger partial charge >= 0.3 is 0 Å². The van der Waals surface area contributed by atoms with Crippen molar-refractivity contribution in [3.8, 4) is 0 Å². The molecule has 4 aliphatic carbocycles. The molecule has 2 unspecified atom stereocenters. The summed E-state index contributed by atoms with van der Waals surface area (Å²) in [5.74, 6) is 1.06. The summed E-state index contributed by atoms with van der Waals surface area (Å²) in [5.41, 5.74) is 2.10. The molecule has 4 rings (SSSR count). The normalized spacial score (nSPS) is 52.1. The van der Waals surface area contributed by atoms with E-state index in [1.807, 2.05) is 0 Å². The standard InChI is InChI=1S/C16H29N/c1-4-17-6-5-16-9-13-7-14(2,11-16)10-15(3,8-13)12-16/h13,17H,4-12H2,1-3H3. The van der Waals surface area contributed by atoms with E-state index in [1.165, 1.54) is 45.1 Å². The van der Waals surface area contributed by atoms with E-state index in [0.29, 0.717) is 16.2 Å². The number of hydrogen-bond donors (Lipinski definition) is 1. The van der Waals surface area contributed by atoms with Crippen LogP contribution in [0.5, 0.6) is 0 Å². The highest BCUT2D eigenvalue weighted by molar-refractivity contribution is 5.10. The molecule has 0 aromatic carbocycles. The minimum absolute atomic E-state index is 0.695. The van der Waals surface area contributed by atoms with Crippen LogP contribution in [0.1, 0.15) is 65.7 Å². The van der Waals surface area contributed by atoms with Crippen molar-refractivity contribution in [2.24, 2.45) is 22.2 Å². The summed E-state index contributed by atoms with van der Waals surface area (Å²) in [5, 5.41) is 3.55. The topological polar surface area (TPSA) is 12.0 Å². The summed E-state index contributed by atoms with van der Waals surface area (Å²) in [6.07, 6.45) is 10.6. The molecule has 0 aromatic heterocycles. The maximum absolute atomic E-state index is 3.55. The number of rotatable bonds is 4. The van der Waals surface area contributed by atoms with Crippen LogP contribution in [0.3, 0.4) is 0 Å². The van der Waals surface area contributed by atoms with Crippen molar-refractivity contribution in [3.05, 3.63) is 0 Å². The van der Waals surface area contributed by atoms with Crippen LogP contribution < -0.4 is 5.32 Å². The Morgan fingerprint density at radius 2 is 1.65 bits per heavy atom. The van der Waals surface area contributed by atoms with E-state index < -0.39 is 0 Å². The molecule has 0 saturated heterocycles. The average Bonchev–Trinajstić information content (AvgIpc) is 2.11. The molecule has 0 radical (unpaired) electrons. The van der Waals surface area contributed by atoms with Gasteiger partial charge in [0.05, 0.1) is 0 Å². The molecule has 1 nitrogen and oxygen atoms in total. The van der Waals surface area contributed by atoms with Gasteiger partial charge in [0.25, 0.3) is 0 Å². The van der Waals surface area contributed by atoms with Crippen molar-refractivity contribution in [2.45, 2.75) is 65.7 Å². The first kappa shape index (κ1) is 12.0. The molecule has 0 aliphatic heterocycles. The van der Waals surface area contributed by atoms with Crippen molar-refractivity contribution in [2.75, 3.05) is 13.1 Å². The Kier molecular flexibility index (Phi) is 2.63. The van der Waals surface area contributed by atoms with E-state index in [0.717, 1.165) is 12.5 Å². The van der Waals surface area contributed by atoms with Crippen molar-refractivity contribution >= 4 is 0 Å². The first-order valence-electron chi connectivity index (χ1n) is 7.67. The first-order valence-corrected chi connectivity index (χ1v) is 7.67. The van der Waals surface area contributed by atoms with Gasteiger partial charge in [-0.05, 0) is 80.2 Å². The second-order valence-corrected chi connectivity index (χ2v) is 8.23. The van der Waals surface area contributed by atoms with Gasteiger partial charge in [0.15, 0.2) is 0 Å². The van der Waals surface area contributed by atoms with E-state index >= 15 is 0 Å². The Balaban J connectivity index is 1.77. The van der Waals surface area contributed by atoms with Crippen LogP contribution >= 0.6 is 0 Å². The van der Waals surface area contributed by atoms with E-state index in [9.17, 15) is 0 Å². The summed E-state index contributed by atoms with van der Waals surface area (Å²) in [4.78, 5) is 0. The fraction of sp³-hybridized carbons (Fsp3) is 1.00. The molecule has 0 heterocycles. The van der Waals surface area contributed by atoms with E-state index in [2.05, 4.69) is 26.1 Å². The molecule has 1 N–H and O–H groups in total. The highest BCUT2D eigenvalue weighted by Crippen LogP contribution is 2.70. The molecule has 4 fully saturated rings. The second-order valence-electron chi connectivity index (χ2n) is 8.23. The van der Waals surface area contributed by atoms with Crippen molar-refractivity contribution in [3.63, 3.8) is 0 Å². The third kappa shape index (κ3) is 2.05. The van der Waals surface area contributed by atoms with Crippen LogP contribution in [-0.2, 0) is 0 Å². The Labute approximate surface area is 107 Å². The van der Waals surface area contributed by atoms with E-state index in [1.54, 1.807) is 6.42 Å². The van der Waals surface area contributed by atoms with E-state index in [-0.39, 0.29) is 0 Å². The molecular formula is C16H29N. The molecule has 98 valence electrons. The lowest BCUT2D eigenvalue weighted by molar-refractivity contribution is -0.147. The molecule has 4 bridgehead atoms. The SMILES string of the molecule is CCNCCC12CC3CC(C)(CC(C)(C3)C1)C2. The summed E-state index contributed by atoms with van der Waals surface area (Å²) < 4.78 is 0. The van der Waals surface area contributed by atoms with Crippen molar-refractivity contribution in [1.29, 1.82) is 0 Å². The molecule has 2 atom stereocenters. The zero-order chi connectivity index (χ0) is 12.1. The summed E-state index contributed by atoms with van der Waals surface area (Å²) in [6.45, 7) is 9.77. The lowest BCUT2D eigenvalue weighted by Crippen LogP contribution is -2.55. The zero-order valence-corrected chi connectivity index (χ0v) is 11.9. The van der Waals surface area contributed by atoms with Gasteiger partial charge in [0, 0.05) is 0 Å². The summed E-state index contributed by atoms with van der Waals surface area (Å²) >= 11 is 0. The number of hydrogen-bond acceptors (Lipinski definition) is 1. The van der Waals surface area contributed by atoms with Crippen LogP contribution in [0, 0.1) is 22.2 Å². The highest BCUT2D eigenvalue weighted by Gasteiger charge is 2.59. The maximum atomic E-state index is 3.55. The van der Waals surface area contributed by atoms with Gasteiger partial charge in [-0.15, -0.1) is 0 Å². The van der Waals surface area contributed by atoms with E-state index in [4.69, 9.17) is 0 Å². The molecule has 0 amide bonds. The summed E-state index contributed by atoms with van der Waals surface area (Å²) in [7, 11) is 0. The maximum Gasteiger partial charge on any atom is -0.00437 e. The van der Waals surface area contributed by atoms with Crippen molar-refractivity contribution < 1.29 is 0 Å². The molecule has 0 aromatic rings. The fourth-order valence-corrected chi connectivity index (χ4v) is 6.49. The van der Waals surface area contributed by atoms with Gasteiger partial charge < -0.3 is 5.32 Å². The zero-order valence-electron chi connectivity index (χ0n) is 11.9. The predicted octanol–water partition coefficient (Wildman–Crippen LogP) is 3.98.